The first-order chi connectivity index (χ1) is 18.5. The lowest BCUT2D eigenvalue weighted by atomic mass is 9.98. The minimum Gasteiger partial charge on any atom is -0.497 e. The van der Waals surface area contributed by atoms with Crippen molar-refractivity contribution in [2.24, 2.45) is 11.0 Å². The van der Waals surface area contributed by atoms with E-state index in [-0.39, 0.29) is 30.3 Å². The average molecular weight is 524 g/mol. The van der Waals surface area contributed by atoms with Crippen molar-refractivity contribution in [2.45, 2.75) is 38.1 Å². The second-order valence-electron chi connectivity index (χ2n) is 9.58. The molecule has 4 rings (SSSR count). The molecule has 0 N–H and O–H groups in total. The normalized spacial score (nSPS) is 17.3. The molecule has 9 nitrogen and oxygen atoms in total. The number of nitrogens with zero attached hydrogens (tertiary/aromatic N) is 3. The first kappa shape index (κ1) is 27.4. The van der Waals surface area contributed by atoms with Gasteiger partial charge in [-0.05, 0) is 60.4 Å². The van der Waals surface area contributed by atoms with Gasteiger partial charge in [0.05, 0.1) is 39.7 Å². The third-order valence-electron chi connectivity index (χ3n) is 7.29. The third-order valence-corrected chi connectivity index (χ3v) is 7.29. The van der Waals surface area contributed by atoms with Gasteiger partial charge >= 0.3 is 0 Å². The van der Waals surface area contributed by atoms with Crippen LogP contribution < -0.4 is 14.2 Å². The average Bonchev–Trinajstić information content (AvgIpc) is 3.65. The van der Waals surface area contributed by atoms with Crippen molar-refractivity contribution in [3.63, 3.8) is 0 Å². The van der Waals surface area contributed by atoms with Crippen LogP contribution in [0.3, 0.4) is 0 Å². The van der Waals surface area contributed by atoms with Gasteiger partial charge in [-0.3, -0.25) is 9.59 Å². The van der Waals surface area contributed by atoms with Crippen molar-refractivity contribution >= 4 is 17.5 Å². The fraction of sp³-hybridized carbons (Fsp3) is 0.483. The number of benzene rings is 2. The molecule has 0 saturated heterocycles. The van der Waals surface area contributed by atoms with E-state index in [2.05, 4.69) is 0 Å². The van der Waals surface area contributed by atoms with Crippen LogP contribution in [-0.2, 0) is 14.3 Å². The van der Waals surface area contributed by atoms with Crippen LogP contribution in [0, 0.1) is 5.92 Å². The van der Waals surface area contributed by atoms with Crippen LogP contribution in [0.4, 0.5) is 0 Å². The minimum absolute atomic E-state index is 0.0223. The number of hydrogen-bond acceptors (Lipinski definition) is 7. The van der Waals surface area contributed by atoms with Gasteiger partial charge < -0.3 is 23.8 Å². The summed E-state index contributed by atoms with van der Waals surface area (Å²) in [7, 11) is 6.39. The number of hydrazone groups is 1. The number of carbonyl (C=O) groups is 2. The number of amides is 2. The van der Waals surface area contributed by atoms with Crippen molar-refractivity contribution in [3.8, 4) is 17.2 Å². The second kappa shape index (κ2) is 12.8. The summed E-state index contributed by atoms with van der Waals surface area (Å²) in [6.07, 6.45) is 4.35. The summed E-state index contributed by atoms with van der Waals surface area (Å²) in [4.78, 5) is 28.7. The quantitative estimate of drug-likeness (QED) is 0.441. The van der Waals surface area contributed by atoms with Crippen LogP contribution in [0.5, 0.6) is 17.2 Å². The number of ether oxygens (including phenoxy) is 4. The Bertz CT molecular complexity index is 1140. The molecular formula is C29H37N3O6. The molecule has 9 heteroatoms. The zero-order valence-corrected chi connectivity index (χ0v) is 22.6. The van der Waals surface area contributed by atoms with Crippen LogP contribution in [0.2, 0.25) is 0 Å². The Morgan fingerprint density at radius 1 is 0.947 bits per heavy atom. The fourth-order valence-corrected chi connectivity index (χ4v) is 5.15. The van der Waals surface area contributed by atoms with E-state index in [4.69, 9.17) is 24.0 Å². The maximum atomic E-state index is 13.8. The molecule has 2 aromatic carbocycles. The molecule has 204 valence electrons. The molecular weight excluding hydrogens is 486 g/mol. The highest BCUT2D eigenvalue weighted by Gasteiger charge is 2.36. The van der Waals surface area contributed by atoms with Crippen molar-refractivity contribution in [1.82, 2.24) is 9.91 Å². The summed E-state index contributed by atoms with van der Waals surface area (Å²) in [5, 5.41) is 6.29. The summed E-state index contributed by atoms with van der Waals surface area (Å²) in [6, 6.07) is 12.9. The van der Waals surface area contributed by atoms with E-state index in [1.807, 2.05) is 42.5 Å². The monoisotopic (exact) mass is 523 g/mol. The lowest BCUT2D eigenvalue weighted by Gasteiger charge is -2.28. The second-order valence-corrected chi connectivity index (χ2v) is 9.58. The van der Waals surface area contributed by atoms with Gasteiger partial charge in [-0.15, -0.1) is 0 Å². The van der Waals surface area contributed by atoms with Crippen molar-refractivity contribution in [3.05, 3.63) is 53.6 Å². The third kappa shape index (κ3) is 6.10. The molecule has 1 aliphatic carbocycles. The molecule has 1 atom stereocenters. The molecule has 2 aromatic rings. The predicted octanol–water partition coefficient (Wildman–Crippen LogP) is 4.06. The van der Waals surface area contributed by atoms with Gasteiger partial charge in [0.15, 0.2) is 11.5 Å². The van der Waals surface area contributed by atoms with Gasteiger partial charge in [0.25, 0.3) is 5.91 Å². The van der Waals surface area contributed by atoms with E-state index >= 15 is 0 Å². The summed E-state index contributed by atoms with van der Waals surface area (Å²) < 4.78 is 21.5. The topological polar surface area (TPSA) is 89.9 Å². The van der Waals surface area contributed by atoms with Gasteiger partial charge in [-0.1, -0.05) is 18.9 Å². The van der Waals surface area contributed by atoms with Crippen LogP contribution in [-0.4, -0.2) is 75.6 Å². The highest BCUT2D eigenvalue weighted by atomic mass is 16.5. The Labute approximate surface area is 224 Å². The lowest BCUT2D eigenvalue weighted by Crippen LogP contribution is -2.44. The van der Waals surface area contributed by atoms with Crippen LogP contribution >= 0.6 is 0 Å². The van der Waals surface area contributed by atoms with Crippen molar-refractivity contribution in [2.75, 3.05) is 48.1 Å². The number of carbonyl (C=O) groups excluding carboxylic acids is 2. The summed E-state index contributed by atoms with van der Waals surface area (Å²) in [6.45, 7) is 0.675. The Morgan fingerprint density at radius 2 is 1.66 bits per heavy atom. The zero-order chi connectivity index (χ0) is 27.1. The molecule has 1 fully saturated rings. The van der Waals surface area contributed by atoms with Gasteiger partial charge in [0.1, 0.15) is 12.3 Å². The summed E-state index contributed by atoms with van der Waals surface area (Å²) in [5.74, 6) is 1.68. The molecule has 0 radical (unpaired) electrons. The molecule has 0 bridgehead atoms. The highest BCUT2D eigenvalue weighted by Crippen LogP contribution is 2.37. The van der Waals surface area contributed by atoms with Gasteiger partial charge in [-0.25, -0.2) is 5.01 Å². The van der Waals surface area contributed by atoms with E-state index in [0.717, 1.165) is 48.3 Å². The molecule has 0 aromatic heterocycles. The van der Waals surface area contributed by atoms with Gasteiger partial charge in [-0.2, -0.15) is 5.10 Å². The van der Waals surface area contributed by atoms with Crippen molar-refractivity contribution < 1.29 is 28.5 Å². The SMILES string of the molecule is COCCN(CC(=O)N1N=C(c2ccc(OC)cc2)C[C@@H]1c1ccc(OC)c(OC)c1)C(=O)C1CCCC1. The molecule has 1 saturated carbocycles. The van der Waals surface area contributed by atoms with E-state index in [0.29, 0.717) is 31.1 Å². The lowest BCUT2D eigenvalue weighted by molar-refractivity contribution is -0.144. The molecule has 0 spiro atoms. The van der Waals surface area contributed by atoms with E-state index < -0.39 is 0 Å². The Kier molecular flexibility index (Phi) is 9.23. The standard InChI is InChI=1S/C29H37N3O6/c1-35-16-15-31(29(34)21-7-5-6-8-21)19-28(33)32-25(22-11-14-26(37-3)27(17-22)38-4)18-24(30-32)20-9-12-23(36-2)13-10-20/h9-14,17,21,25H,5-8,15-16,18-19H2,1-4H3/t25-/m1/s1. The highest BCUT2D eigenvalue weighted by molar-refractivity contribution is 6.03. The van der Waals surface area contributed by atoms with Crippen molar-refractivity contribution in [1.29, 1.82) is 0 Å². The first-order valence-electron chi connectivity index (χ1n) is 13.0. The fourth-order valence-electron chi connectivity index (χ4n) is 5.15. The maximum absolute atomic E-state index is 13.8. The van der Waals surface area contributed by atoms with Gasteiger partial charge in [0.2, 0.25) is 5.91 Å². The maximum Gasteiger partial charge on any atom is 0.262 e. The van der Waals surface area contributed by atoms with E-state index in [9.17, 15) is 9.59 Å². The molecule has 0 unspecified atom stereocenters. The molecule has 1 aliphatic heterocycles. The van der Waals surface area contributed by atoms with E-state index in [1.54, 1.807) is 33.3 Å². The van der Waals surface area contributed by atoms with E-state index in [1.165, 1.54) is 5.01 Å². The van der Waals surface area contributed by atoms with Crippen LogP contribution in [0.1, 0.15) is 49.3 Å². The molecule has 2 aliphatic rings. The Balaban J connectivity index is 1.63. The predicted molar refractivity (Wildman–Crippen MR) is 144 cm³/mol. The minimum atomic E-state index is -0.356. The smallest absolute Gasteiger partial charge is 0.262 e. The number of hydrogen-bond donors (Lipinski definition) is 0. The summed E-state index contributed by atoms with van der Waals surface area (Å²) >= 11 is 0. The Morgan fingerprint density at radius 3 is 2.29 bits per heavy atom. The molecule has 2 amide bonds. The largest absolute Gasteiger partial charge is 0.497 e. The summed E-state index contributed by atoms with van der Waals surface area (Å²) in [5.41, 5.74) is 2.56. The Hall–Kier alpha value is -3.59. The molecule has 1 heterocycles. The van der Waals surface area contributed by atoms with Gasteiger partial charge in [0, 0.05) is 26.0 Å². The first-order valence-corrected chi connectivity index (χ1v) is 13.0. The number of rotatable bonds is 11. The number of methoxy groups -OCH3 is 4. The zero-order valence-electron chi connectivity index (χ0n) is 22.6. The molecule has 38 heavy (non-hydrogen) atoms. The van der Waals surface area contributed by atoms with Crippen LogP contribution in [0.15, 0.2) is 47.6 Å². The van der Waals surface area contributed by atoms with Crippen LogP contribution in [0.25, 0.3) is 0 Å².